The molecule has 1 aromatic heterocycles. The van der Waals surface area contributed by atoms with Crippen LogP contribution in [0, 0.1) is 0 Å². The van der Waals surface area contributed by atoms with Crippen LogP contribution in [-0.4, -0.2) is 17.0 Å². The number of fused-ring (bicyclic) bond motifs is 1. The first-order valence-electron chi connectivity index (χ1n) is 6.63. The van der Waals surface area contributed by atoms with Crippen molar-refractivity contribution in [3.8, 4) is 0 Å². The van der Waals surface area contributed by atoms with Crippen LogP contribution in [0.5, 0.6) is 0 Å². The predicted molar refractivity (Wildman–Crippen MR) is 88.9 cm³/mol. The van der Waals surface area contributed by atoms with Crippen LogP contribution in [0.2, 0.25) is 5.02 Å². The van der Waals surface area contributed by atoms with Crippen LogP contribution in [0.15, 0.2) is 57.9 Å². The third-order valence-electron chi connectivity index (χ3n) is 2.84. The molecule has 0 aliphatic carbocycles. The maximum atomic E-state index is 11.8. The maximum Gasteiger partial charge on any atom is 0.325 e. The van der Waals surface area contributed by atoms with Crippen LogP contribution in [0.25, 0.3) is 11.1 Å². The van der Waals surface area contributed by atoms with Gasteiger partial charge in [0.25, 0.3) is 0 Å². The minimum Gasteiger partial charge on any atom is -0.422 e. The highest BCUT2D eigenvalue weighted by Crippen LogP contribution is 2.20. The molecule has 23 heavy (non-hydrogen) atoms. The summed E-state index contributed by atoms with van der Waals surface area (Å²) in [6.07, 6.45) is 0. The molecule has 0 aliphatic heterocycles. The molecule has 2 aromatic carbocycles. The van der Waals surface area contributed by atoms with Crippen molar-refractivity contribution in [2.45, 2.75) is 0 Å². The molecule has 0 radical (unpaired) electrons. The lowest BCUT2D eigenvalue weighted by Gasteiger charge is -2.06. The number of guanidine groups is 1. The smallest absolute Gasteiger partial charge is 0.325 e. The number of nitrogens with two attached hydrogens (primary N) is 1. The van der Waals surface area contributed by atoms with Crippen molar-refractivity contribution in [2.75, 3.05) is 5.32 Å². The molecular weight excluding hydrogens is 318 g/mol. The molecule has 3 aromatic rings. The fraction of sp³-hybridized carbons (Fsp3) is 0. The second-order valence-corrected chi connectivity index (χ2v) is 4.98. The van der Waals surface area contributed by atoms with E-state index >= 15 is 0 Å². The molecular formula is C15H12ClN5O2. The van der Waals surface area contributed by atoms with E-state index in [0.717, 1.165) is 0 Å². The van der Waals surface area contributed by atoms with E-state index in [0.29, 0.717) is 21.8 Å². The van der Waals surface area contributed by atoms with Gasteiger partial charge in [0.05, 0.1) is 0 Å². The Hall–Kier alpha value is -3.06. The molecule has 116 valence electrons. The zero-order chi connectivity index (χ0) is 16.2. The number of carbonyl (C=O) groups is 1. The lowest BCUT2D eigenvalue weighted by molar-refractivity contribution is 0.256. The summed E-state index contributed by atoms with van der Waals surface area (Å²) in [4.78, 5) is 19.9. The Balaban J connectivity index is 1.66. The number of para-hydroxylation sites is 2. The molecule has 0 fully saturated rings. The van der Waals surface area contributed by atoms with Crippen LogP contribution < -0.4 is 16.4 Å². The molecule has 0 atom stereocenters. The summed E-state index contributed by atoms with van der Waals surface area (Å²) in [6.45, 7) is 0. The summed E-state index contributed by atoms with van der Waals surface area (Å²) in [5.74, 6) is -0.136. The lowest BCUT2D eigenvalue weighted by atomic mass is 10.3. The molecule has 0 saturated carbocycles. The van der Waals surface area contributed by atoms with Crippen LogP contribution in [0.4, 0.5) is 16.5 Å². The first-order valence-corrected chi connectivity index (χ1v) is 7.01. The number of aliphatic imine (C=N–C) groups is 1. The minimum atomic E-state index is -0.537. The van der Waals surface area contributed by atoms with Gasteiger partial charge in [-0.2, -0.15) is 9.98 Å². The Morgan fingerprint density at radius 2 is 1.91 bits per heavy atom. The van der Waals surface area contributed by atoms with E-state index in [1.165, 1.54) is 0 Å². The number of rotatable bonds is 2. The van der Waals surface area contributed by atoms with Crippen molar-refractivity contribution >= 4 is 46.4 Å². The molecule has 0 spiro atoms. The van der Waals surface area contributed by atoms with Crippen molar-refractivity contribution < 1.29 is 9.21 Å². The lowest BCUT2D eigenvalue weighted by Crippen LogP contribution is -2.39. The molecule has 7 nitrogen and oxygen atoms in total. The van der Waals surface area contributed by atoms with Gasteiger partial charge in [-0.15, -0.1) is 0 Å². The number of anilines is 1. The largest absolute Gasteiger partial charge is 0.422 e. The molecule has 0 unspecified atom stereocenters. The highest BCUT2D eigenvalue weighted by Gasteiger charge is 2.07. The van der Waals surface area contributed by atoms with Crippen molar-refractivity contribution in [2.24, 2.45) is 10.7 Å². The highest BCUT2D eigenvalue weighted by atomic mass is 35.5. The number of benzene rings is 2. The summed E-state index contributed by atoms with van der Waals surface area (Å²) < 4.78 is 5.39. The number of carbonyl (C=O) groups excluding carboxylic acids is 1. The number of amides is 2. The first kappa shape index (κ1) is 14.9. The van der Waals surface area contributed by atoms with E-state index in [9.17, 15) is 4.79 Å². The maximum absolute atomic E-state index is 11.8. The number of hydrogen-bond donors (Lipinski definition) is 3. The molecule has 3 rings (SSSR count). The van der Waals surface area contributed by atoms with Crippen molar-refractivity contribution in [3.63, 3.8) is 0 Å². The highest BCUT2D eigenvalue weighted by molar-refractivity contribution is 6.30. The summed E-state index contributed by atoms with van der Waals surface area (Å²) in [7, 11) is 0. The number of oxazole rings is 1. The molecule has 8 heteroatoms. The van der Waals surface area contributed by atoms with E-state index in [1.54, 1.807) is 36.4 Å². The standard InChI is InChI=1S/C15H12ClN5O2/c16-9-5-7-10(8-6-9)18-14(22)20-13(17)21-15-19-11-3-1-2-4-12(11)23-15/h1-8H,(H4,17,18,19,20,21,22). The number of aromatic nitrogens is 1. The Bertz CT molecular complexity index is 840. The van der Waals surface area contributed by atoms with Gasteiger partial charge >= 0.3 is 12.0 Å². The summed E-state index contributed by atoms with van der Waals surface area (Å²) in [5, 5.41) is 5.55. The average molecular weight is 330 g/mol. The summed E-state index contributed by atoms with van der Waals surface area (Å²) in [5.41, 5.74) is 7.48. The first-order chi connectivity index (χ1) is 11.1. The fourth-order valence-corrected chi connectivity index (χ4v) is 1.98. The van der Waals surface area contributed by atoms with Crippen LogP contribution >= 0.6 is 11.6 Å². The van der Waals surface area contributed by atoms with Crippen LogP contribution in [-0.2, 0) is 0 Å². The van der Waals surface area contributed by atoms with Gasteiger partial charge < -0.3 is 15.5 Å². The van der Waals surface area contributed by atoms with E-state index in [4.69, 9.17) is 21.8 Å². The normalized spacial score (nSPS) is 11.4. The number of nitrogens with one attached hydrogen (secondary N) is 2. The Labute approximate surface area is 136 Å². The van der Waals surface area contributed by atoms with Crippen molar-refractivity contribution in [1.82, 2.24) is 10.3 Å². The van der Waals surface area contributed by atoms with Gasteiger partial charge in [-0.05, 0) is 36.4 Å². The van der Waals surface area contributed by atoms with Gasteiger partial charge in [0, 0.05) is 10.7 Å². The molecule has 0 saturated heterocycles. The third-order valence-corrected chi connectivity index (χ3v) is 3.09. The van der Waals surface area contributed by atoms with Gasteiger partial charge in [-0.25, -0.2) is 4.79 Å². The third kappa shape index (κ3) is 3.78. The molecule has 0 aliphatic rings. The van der Waals surface area contributed by atoms with Gasteiger partial charge in [-0.3, -0.25) is 5.32 Å². The second kappa shape index (κ2) is 6.37. The Kier molecular flexibility index (Phi) is 4.11. The number of hydrogen-bond acceptors (Lipinski definition) is 4. The van der Waals surface area contributed by atoms with Gasteiger partial charge in [0.15, 0.2) is 5.58 Å². The monoisotopic (exact) mass is 329 g/mol. The predicted octanol–water partition coefficient (Wildman–Crippen LogP) is 3.25. The Morgan fingerprint density at radius 1 is 1.17 bits per heavy atom. The van der Waals surface area contributed by atoms with Crippen LogP contribution in [0.3, 0.4) is 0 Å². The number of urea groups is 1. The van der Waals surface area contributed by atoms with E-state index < -0.39 is 6.03 Å². The molecule has 4 N–H and O–H groups in total. The van der Waals surface area contributed by atoms with E-state index in [2.05, 4.69) is 20.6 Å². The van der Waals surface area contributed by atoms with Crippen molar-refractivity contribution in [3.05, 3.63) is 53.6 Å². The number of halogens is 1. The zero-order valence-corrected chi connectivity index (χ0v) is 12.5. The zero-order valence-electron chi connectivity index (χ0n) is 11.8. The van der Waals surface area contributed by atoms with Gasteiger partial charge in [-0.1, -0.05) is 23.7 Å². The quantitative estimate of drug-likeness (QED) is 0.495. The summed E-state index contributed by atoms with van der Waals surface area (Å²) >= 11 is 5.77. The minimum absolute atomic E-state index is 0.0653. The molecule has 2 amide bonds. The second-order valence-electron chi connectivity index (χ2n) is 4.55. The Morgan fingerprint density at radius 3 is 2.65 bits per heavy atom. The average Bonchev–Trinajstić information content (AvgIpc) is 2.91. The van der Waals surface area contributed by atoms with Crippen molar-refractivity contribution in [1.29, 1.82) is 0 Å². The summed E-state index contributed by atoms with van der Waals surface area (Å²) in [6, 6.07) is 13.4. The van der Waals surface area contributed by atoms with Gasteiger partial charge in [0.2, 0.25) is 5.96 Å². The molecule has 0 bridgehead atoms. The van der Waals surface area contributed by atoms with Crippen LogP contribution in [0.1, 0.15) is 0 Å². The topological polar surface area (TPSA) is 106 Å². The SMILES string of the molecule is N/C(=N/c1nc2ccccc2o1)NC(=O)Nc1ccc(Cl)cc1. The fourth-order valence-electron chi connectivity index (χ4n) is 1.85. The van der Waals surface area contributed by atoms with E-state index in [-0.39, 0.29) is 12.0 Å². The van der Waals surface area contributed by atoms with E-state index in [1.807, 2.05) is 12.1 Å². The van der Waals surface area contributed by atoms with Gasteiger partial charge in [0.1, 0.15) is 5.52 Å². The number of nitrogens with zero attached hydrogens (tertiary/aromatic N) is 2. The molecule has 1 heterocycles.